The number of hydrogen-bond donors (Lipinski definition) is 1. The lowest BCUT2D eigenvalue weighted by Crippen LogP contribution is -2.07. The Morgan fingerprint density at radius 3 is 2.53 bits per heavy atom. The van der Waals surface area contributed by atoms with Crippen LogP contribution in [0.15, 0.2) is 30.3 Å². The van der Waals surface area contributed by atoms with E-state index in [0.717, 1.165) is 11.5 Å². The second-order valence-corrected chi connectivity index (χ2v) is 4.23. The molecular formula is C12H9NO5S. The first-order chi connectivity index (χ1) is 9.11. The van der Waals surface area contributed by atoms with Crippen LogP contribution in [0.4, 0.5) is 0 Å². The molecule has 0 saturated carbocycles. The zero-order valence-corrected chi connectivity index (χ0v) is 10.6. The van der Waals surface area contributed by atoms with Crippen LogP contribution >= 0.6 is 11.5 Å². The van der Waals surface area contributed by atoms with Crippen LogP contribution in [0, 0.1) is 0 Å². The fourth-order valence-electron chi connectivity index (χ4n) is 1.33. The van der Waals surface area contributed by atoms with Crippen LogP contribution in [0.5, 0.6) is 11.5 Å². The number of para-hydroxylation sites is 2. The summed E-state index contributed by atoms with van der Waals surface area (Å²) in [4.78, 5) is 22.6. The molecule has 19 heavy (non-hydrogen) atoms. The smallest absolute Gasteiger partial charge is 0.355 e. The van der Waals surface area contributed by atoms with E-state index in [-0.39, 0.29) is 16.3 Å². The van der Waals surface area contributed by atoms with Gasteiger partial charge in [-0.2, -0.15) is 4.37 Å². The summed E-state index contributed by atoms with van der Waals surface area (Å²) in [7, 11) is 1.46. The van der Waals surface area contributed by atoms with E-state index in [4.69, 9.17) is 14.6 Å². The quantitative estimate of drug-likeness (QED) is 0.681. The van der Waals surface area contributed by atoms with Crippen molar-refractivity contribution in [3.8, 4) is 11.5 Å². The molecule has 0 fully saturated rings. The minimum atomic E-state index is -1.19. The number of benzene rings is 1. The molecule has 0 aliphatic heterocycles. The number of rotatable bonds is 4. The zero-order valence-electron chi connectivity index (χ0n) is 9.82. The lowest BCUT2D eigenvalue weighted by Gasteiger charge is -2.07. The number of aromatic nitrogens is 1. The first-order valence-corrected chi connectivity index (χ1v) is 5.94. The van der Waals surface area contributed by atoms with Gasteiger partial charge < -0.3 is 14.6 Å². The highest BCUT2D eigenvalue weighted by molar-refractivity contribution is 7.08. The Morgan fingerprint density at radius 1 is 1.26 bits per heavy atom. The number of nitrogens with zero attached hydrogens (tertiary/aromatic N) is 1. The molecule has 0 saturated heterocycles. The molecule has 6 nitrogen and oxygen atoms in total. The molecule has 7 heteroatoms. The number of hydrogen-bond acceptors (Lipinski definition) is 6. The highest BCUT2D eigenvalue weighted by Gasteiger charge is 2.17. The van der Waals surface area contributed by atoms with Crippen LogP contribution in [-0.4, -0.2) is 28.5 Å². The average molecular weight is 279 g/mol. The molecule has 0 aliphatic carbocycles. The summed E-state index contributed by atoms with van der Waals surface area (Å²) in [6, 6.07) is 7.84. The summed E-state index contributed by atoms with van der Waals surface area (Å²) in [5.74, 6) is -1.18. The lowest BCUT2D eigenvalue weighted by atomic mass is 10.3. The molecule has 0 atom stereocenters. The summed E-state index contributed by atoms with van der Waals surface area (Å²) in [6.07, 6.45) is 0. The summed E-state index contributed by atoms with van der Waals surface area (Å²) in [5.41, 5.74) is -0.183. The van der Waals surface area contributed by atoms with Gasteiger partial charge in [-0.05, 0) is 29.7 Å². The van der Waals surface area contributed by atoms with Crippen molar-refractivity contribution in [1.29, 1.82) is 0 Å². The van der Waals surface area contributed by atoms with E-state index in [2.05, 4.69) is 4.37 Å². The van der Waals surface area contributed by atoms with Crippen molar-refractivity contribution in [2.75, 3.05) is 7.11 Å². The molecule has 0 radical (unpaired) electrons. The van der Waals surface area contributed by atoms with Crippen LogP contribution in [0.3, 0.4) is 0 Å². The Bertz CT molecular complexity index is 622. The first-order valence-electron chi connectivity index (χ1n) is 5.17. The van der Waals surface area contributed by atoms with Gasteiger partial charge in [-0.25, -0.2) is 9.59 Å². The number of carboxylic acids is 1. The van der Waals surface area contributed by atoms with E-state index < -0.39 is 11.9 Å². The Kier molecular flexibility index (Phi) is 3.76. The normalized spacial score (nSPS) is 9.95. The predicted octanol–water partition coefficient (Wildman–Crippen LogP) is 2.07. The van der Waals surface area contributed by atoms with Gasteiger partial charge in [0.15, 0.2) is 17.2 Å². The van der Waals surface area contributed by atoms with Gasteiger partial charge in [0.1, 0.15) is 4.88 Å². The predicted molar refractivity (Wildman–Crippen MR) is 67.0 cm³/mol. The van der Waals surface area contributed by atoms with Crippen molar-refractivity contribution in [3.05, 3.63) is 40.9 Å². The van der Waals surface area contributed by atoms with Gasteiger partial charge in [-0.15, -0.1) is 0 Å². The van der Waals surface area contributed by atoms with Crippen molar-refractivity contribution in [2.45, 2.75) is 0 Å². The van der Waals surface area contributed by atoms with E-state index in [1.54, 1.807) is 24.3 Å². The van der Waals surface area contributed by atoms with Crippen molar-refractivity contribution in [2.24, 2.45) is 0 Å². The monoisotopic (exact) mass is 279 g/mol. The van der Waals surface area contributed by atoms with Gasteiger partial charge in [0.25, 0.3) is 0 Å². The van der Waals surface area contributed by atoms with Crippen LogP contribution in [0.2, 0.25) is 0 Å². The maximum Gasteiger partial charge on any atom is 0.355 e. The Labute approximate surface area is 112 Å². The first kappa shape index (κ1) is 13.0. The number of methoxy groups -OCH3 is 1. The topological polar surface area (TPSA) is 85.7 Å². The van der Waals surface area contributed by atoms with Crippen LogP contribution in [-0.2, 0) is 0 Å². The van der Waals surface area contributed by atoms with Crippen molar-refractivity contribution in [1.82, 2.24) is 4.37 Å². The fourth-order valence-corrected chi connectivity index (χ4v) is 1.93. The number of carbonyl (C=O) groups is 2. The molecule has 1 aromatic carbocycles. The number of carboxylic acid groups (broad SMARTS) is 1. The molecule has 1 aromatic heterocycles. The highest BCUT2D eigenvalue weighted by atomic mass is 32.1. The van der Waals surface area contributed by atoms with E-state index in [1.807, 2.05) is 0 Å². The second-order valence-electron chi connectivity index (χ2n) is 3.42. The maximum absolute atomic E-state index is 11.8. The number of esters is 1. The van der Waals surface area contributed by atoms with Crippen molar-refractivity contribution < 1.29 is 24.2 Å². The Balaban J connectivity index is 2.18. The van der Waals surface area contributed by atoms with Gasteiger partial charge in [-0.3, -0.25) is 0 Å². The molecule has 0 amide bonds. The summed E-state index contributed by atoms with van der Waals surface area (Å²) in [6.45, 7) is 0. The third kappa shape index (κ3) is 2.89. The van der Waals surface area contributed by atoms with E-state index in [0.29, 0.717) is 5.75 Å². The van der Waals surface area contributed by atoms with Crippen molar-refractivity contribution in [3.63, 3.8) is 0 Å². The molecule has 0 aliphatic rings. The highest BCUT2D eigenvalue weighted by Crippen LogP contribution is 2.27. The van der Waals surface area contributed by atoms with Crippen LogP contribution < -0.4 is 9.47 Å². The van der Waals surface area contributed by atoms with Gasteiger partial charge >= 0.3 is 11.9 Å². The minimum Gasteiger partial charge on any atom is -0.493 e. The summed E-state index contributed by atoms with van der Waals surface area (Å²) in [5, 5.41) is 8.72. The number of carbonyl (C=O) groups excluding carboxylic acids is 1. The maximum atomic E-state index is 11.8. The van der Waals surface area contributed by atoms with Crippen molar-refractivity contribution >= 4 is 23.5 Å². The largest absolute Gasteiger partial charge is 0.493 e. The lowest BCUT2D eigenvalue weighted by molar-refractivity contribution is 0.0691. The van der Waals surface area contributed by atoms with Gasteiger partial charge in [0.05, 0.1) is 7.11 Å². The van der Waals surface area contributed by atoms with E-state index >= 15 is 0 Å². The molecular weight excluding hydrogens is 270 g/mol. The standard InChI is InChI=1S/C12H9NO5S/c1-17-8-4-2-3-5-9(8)18-12(16)10-6-7(11(14)15)13-19-10/h2-6H,1H3,(H,14,15). The van der Waals surface area contributed by atoms with E-state index in [9.17, 15) is 9.59 Å². The zero-order chi connectivity index (χ0) is 13.8. The Morgan fingerprint density at radius 2 is 1.95 bits per heavy atom. The SMILES string of the molecule is COc1ccccc1OC(=O)c1cc(C(=O)O)ns1. The van der Waals surface area contributed by atoms with Crippen LogP contribution in [0.25, 0.3) is 0 Å². The molecule has 0 bridgehead atoms. The molecule has 2 aromatic rings. The molecule has 98 valence electrons. The van der Waals surface area contributed by atoms with Gasteiger partial charge in [0, 0.05) is 0 Å². The molecule has 0 spiro atoms. The van der Waals surface area contributed by atoms with Gasteiger partial charge in [-0.1, -0.05) is 12.1 Å². The fraction of sp³-hybridized carbons (Fsp3) is 0.0833. The number of ether oxygens (including phenoxy) is 2. The number of aromatic carboxylic acids is 1. The summed E-state index contributed by atoms with van der Waals surface area (Å²) >= 11 is 0.772. The third-order valence-corrected chi connectivity index (χ3v) is 2.97. The summed E-state index contributed by atoms with van der Waals surface area (Å²) < 4.78 is 13.8. The van der Waals surface area contributed by atoms with E-state index in [1.165, 1.54) is 13.2 Å². The molecule has 1 N–H and O–H groups in total. The average Bonchev–Trinajstić information content (AvgIpc) is 2.89. The van der Waals surface area contributed by atoms with Crippen LogP contribution in [0.1, 0.15) is 20.2 Å². The Hall–Kier alpha value is -2.41. The second kappa shape index (κ2) is 5.49. The minimum absolute atomic E-state index is 0.114. The third-order valence-electron chi connectivity index (χ3n) is 2.20. The molecule has 1 heterocycles. The van der Waals surface area contributed by atoms with Gasteiger partial charge in [0.2, 0.25) is 0 Å². The molecule has 2 rings (SSSR count). The molecule has 0 unspecified atom stereocenters.